The van der Waals surface area contributed by atoms with E-state index in [1.807, 2.05) is 71.1 Å². The van der Waals surface area contributed by atoms with Crippen LogP contribution in [0.5, 0.6) is 5.75 Å². The Bertz CT molecular complexity index is 1440. The zero-order chi connectivity index (χ0) is 20.7. The average molecular weight is 417 g/mol. The van der Waals surface area contributed by atoms with E-state index in [0.717, 1.165) is 16.6 Å². The third-order valence-electron chi connectivity index (χ3n) is 5.09. The topological polar surface area (TPSA) is 61.4 Å². The highest BCUT2D eigenvalue weighted by Gasteiger charge is 2.15. The summed E-state index contributed by atoms with van der Waals surface area (Å²) in [7, 11) is 1.68. The second-order valence-corrected chi connectivity index (χ2v) is 7.34. The van der Waals surface area contributed by atoms with Crippen LogP contribution in [0.25, 0.3) is 27.8 Å². The molecule has 7 heteroatoms. The van der Waals surface area contributed by atoms with E-state index >= 15 is 0 Å². The van der Waals surface area contributed by atoms with Crippen molar-refractivity contribution in [2.45, 2.75) is 6.61 Å². The number of ether oxygens (including phenoxy) is 1. The Hall–Kier alpha value is -3.64. The molecule has 3 aromatic carbocycles. The van der Waals surface area contributed by atoms with Crippen molar-refractivity contribution in [2.75, 3.05) is 0 Å². The Balaban J connectivity index is 1.50. The maximum Gasteiger partial charge on any atom is 0.262 e. The normalized spacial score (nSPS) is 11.3. The Morgan fingerprint density at radius 3 is 2.50 bits per heavy atom. The van der Waals surface area contributed by atoms with Gasteiger partial charge in [0.1, 0.15) is 12.4 Å². The summed E-state index contributed by atoms with van der Waals surface area (Å²) in [5.74, 6) is 1.60. The Morgan fingerprint density at radius 1 is 0.933 bits per heavy atom. The molecule has 0 spiro atoms. The number of nitrogens with zero attached hydrogens (tertiary/aromatic N) is 4. The molecule has 6 nitrogen and oxygen atoms in total. The predicted octanol–water partition coefficient (Wildman–Crippen LogP) is 4.48. The van der Waals surface area contributed by atoms with Gasteiger partial charge >= 0.3 is 0 Å². The molecule has 0 saturated carbocycles. The second kappa shape index (κ2) is 7.31. The van der Waals surface area contributed by atoms with Crippen molar-refractivity contribution >= 4 is 28.3 Å². The van der Waals surface area contributed by atoms with E-state index in [1.165, 1.54) is 4.57 Å². The van der Waals surface area contributed by atoms with Gasteiger partial charge in [-0.25, -0.2) is 0 Å². The first kappa shape index (κ1) is 18.4. The number of aryl methyl sites for hydroxylation is 1. The Labute approximate surface area is 176 Å². The lowest BCUT2D eigenvalue weighted by atomic mass is 10.1. The van der Waals surface area contributed by atoms with E-state index in [9.17, 15) is 4.79 Å². The molecule has 0 aliphatic heterocycles. The van der Waals surface area contributed by atoms with Crippen molar-refractivity contribution in [3.05, 3.63) is 94.0 Å². The Kier molecular flexibility index (Phi) is 4.48. The molecule has 0 atom stereocenters. The first-order chi connectivity index (χ1) is 14.6. The first-order valence-electron chi connectivity index (χ1n) is 9.43. The number of rotatable bonds is 4. The van der Waals surface area contributed by atoms with E-state index in [1.54, 1.807) is 13.1 Å². The first-order valence-corrected chi connectivity index (χ1v) is 9.81. The van der Waals surface area contributed by atoms with Crippen LogP contribution in [0.4, 0.5) is 0 Å². The molecule has 5 aromatic rings. The lowest BCUT2D eigenvalue weighted by Crippen LogP contribution is -2.20. The van der Waals surface area contributed by atoms with Crippen LogP contribution in [0.2, 0.25) is 5.02 Å². The summed E-state index contributed by atoms with van der Waals surface area (Å²) in [6.45, 7) is 0.160. The van der Waals surface area contributed by atoms with Crippen molar-refractivity contribution < 1.29 is 4.74 Å². The SMILES string of the molecule is Cn1c(=O)c2ccccc2n2c(COc3ccc(-c4ccccc4)cc3Cl)nnc12. The molecule has 0 amide bonds. The maximum atomic E-state index is 12.6. The molecule has 30 heavy (non-hydrogen) atoms. The molecule has 0 bridgehead atoms. The molecular formula is C23H17ClN4O2. The summed E-state index contributed by atoms with van der Waals surface area (Å²) in [5, 5.41) is 9.54. The minimum atomic E-state index is -0.113. The Morgan fingerprint density at radius 2 is 1.70 bits per heavy atom. The molecule has 148 valence electrons. The highest BCUT2D eigenvalue weighted by Crippen LogP contribution is 2.31. The number of aromatic nitrogens is 4. The molecule has 2 heterocycles. The van der Waals surface area contributed by atoms with Crippen LogP contribution >= 0.6 is 11.6 Å². The lowest BCUT2D eigenvalue weighted by molar-refractivity contribution is 0.295. The van der Waals surface area contributed by atoms with Crippen LogP contribution in [0.15, 0.2) is 77.6 Å². The van der Waals surface area contributed by atoms with Crippen molar-refractivity contribution in [3.63, 3.8) is 0 Å². The van der Waals surface area contributed by atoms with Crippen molar-refractivity contribution in [3.8, 4) is 16.9 Å². The monoisotopic (exact) mass is 416 g/mol. The van der Waals surface area contributed by atoms with Crippen molar-refractivity contribution in [2.24, 2.45) is 7.05 Å². The van der Waals surface area contributed by atoms with E-state index < -0.39 is 0 Å². The fraction of sp³-hybridized carbons (Fsp3) is 0.0870. The molecule has 0 unspecified atom stereocenters. The summed E-state index contributed by atoms with van der Waals surface area (Å²) in [5.41, 5.74) is 2.73. The highest BCUT2D eigenvalue weighted by atomic mass is 35.5. The van der Waals surface area contributed by atoms with Gasteiger partial charge in [0, 0.05) is 7.05 Å². The van der Waals surface area contributed by atoms with Gasteiger partial charge in [0.2, 0.25) is 5.78 Å². The zero-order valence-electron chi connectivity index (χ0n) is 16.1. The van der Waals surface area contributed by atoms with Crippen LogP contribution in [-0.4, -0.2) is 19.2 Å². The van der Waals surface area contributed by atoms with Crippen LogP contribution in [0.1, 0.15) is 5.82 Å². The number of para-hydroxylation sites is 1. The number of hydrogen-bond donors (Lipinski definition) is 0. The van der Waals surface area contributed by atoms with Gasteiger partial charge in [-0.15, -0.1) is 10.2 Å². The van der Waals surface area contributed by atoms with Gasteiger partial charge in [-0.1, -0.05) is 60.1 Å². The summed E-state index contributed by atoms with van der Waals surface area (Å²) in [4.78, 5) is 12.6. The third-order valence-corrected chi connectivity index (χ3v) is 5.38. The minimum Gasteiger partial charge on any atom is -0.484 e. The van der Waals surface area contributed by atoms with Gasteiger partial charge in [0.15, 0.2) is 5.82 Å². The predicted molar refractivity (Wildman–Crippen MR) is 117 cm³/mol. The molecular weight excluding hydrogens is 400 g/mol. The van der Waals surface area contributed by atoms with Crippen LogP contribution < -0.4 is 10.3 Å². The third kappa shape index (κ3) is 3.02. The van der Waals surface area contributed by atoms with Gasteiger partial charge in [0.05, 0.1) is 15.9 Å². The molecule has 5 rings (SSSR count). The quantitative estimate of drug-likeness (QED) is 0.433. The molecule has 0 saturated heterocycles. The molecule has 0 N–H and O–H groups in total. The van der Waals surface area contributed by atoms with Crippen LogP contribution in [0.3, 0.4) is 0 Å². The molecule has 2 aromatic heterocycles. The maximum absolute atomic E-state index is 12.6. The van der Waals surface area contributed by atoms with Gasteiger partial charge in [0.25, 0.3) is 5.56 Å². The van der Waals surface area contributed by atoms with Crippen LogP contribution in [0, 0.1) is 0 Å². The molecule has 0 aliphatic rings. The molecule has 0 aliphatic carbocycles. The lowest BCUT2D eigenvalue weighted by Gasteiger charge is -2.11. The van der Waals surface area contributed by atoms with E-state index in [0.29, 0.717) is 27.8 Å². The summed E-state index contributed by atoms with van der Waals surface area (Å²) < 4.78 is 9.28. The zero-order valence-corrected chi connectivity index (χ0v) is 16.9. The van der Waals surface area contributed by atoms with Gasteiger partial charge in [-0.2, -0.15) is 0 Å². The second-order valence-electron chi connectivity index (χ2n) is 6.93. The number of benzene rings is 3. The van der Waals surface area contributed by atoms with E-state index in [4.69, 9.17) is 16.3 Å². The summed E-state index contributed by atoms with van der Waals surface area (Å²) in [6.07, 6.45) is 0. The summed E-state index contributed by atoms with van der Waals surface area (Å²) >= 11 is 6.47. The fourth-order valence-electron chi connectivity index (χ4n) is 3.56. The number of hydrogen-bond acceptors (Lipinski definition) is 4. The summed E-state index contributed by atoms with van der Waals surface area (Å²) in [6, 6.07) is 23.1. The minimum absolute atomic E-state index is 0.113. The van der Waals surface area contributed by atoms with Gasteiger partial charge < -0.3 is 4.74 Å². The van der Waals surface area contributed by atoms with Crippen molar-refractivity contribution in [1.82, 2.24) is 19.2 Å². The molecule has 0 fully saturated rings. The van der Waals surface area contributed by atoms with Crippen molar-refractivity contribution in [1.29, 1.82) is 0 Å². The fourth-order valence-corrected chi connectivity index (χ4v) is 3.79. The molecule has 0 radical (unpaired) electrons. The van der Waals surface area contributed by atoms with E-state index in [2.05, 4.69) is 10.2 Å². The highest BCUT2D eigenvalue weighted by molar-refractivity contribution is 6.32. The largest absolute Gasteiger partial charge is 0.484 e. The number of fused-ring (bicyclic) bond motifs is 3. The van der Waals surface area contributed by atoms with Gasteiger partial charge in [-0.05, 0) is 35.4 Å². The van der Waals surface area contributed by atoms with E-state index in [-0.39, 0.29) is 12.2 Å². The van der Waals surface area contributed by atoms with Crippen LogP contribution in [-0.2, 0) is 13.7 Å². The smallest absolute Gasteiger partial charge is 0.262 e. The van der Waals surface area contributed by atoms with Gasteiger partial charge in [-0.3, -0.25) is 13.8 Å². The number of halogens is 1. The standard InChI is InChI=1S/C23H17ClN4O2/c1-27-22(29)17-9-5-6-10-19(17)28-21(25-26-23(27)28)14-30-20-12-11-16(13-18(20)24)15-7-3-2-4-8-15/h2-13H,14H2,1H3. The average Bonchev–Trinajstić information content (AvgIpc) is 3.21.